The second kappa shape index (κ2) is 16.4. The summed E-state index contributed by atoms with van der Waals surface area (Å²) in [4.78, 5) is 30.6. The lowest BCUT2D eigenvalue weighted by Gasteiger charge is -2.46. The maximum atomic E-state index is 15.0. The van der Waals surface area contributed by atoms with Crippen LogP contribution in [0.5, 0.6) is 5.75 Å². The van der Waals surface area contributed by atoms with Gasteiger partial charge in [-0.3, -0.25) is 4.79 Å². The molecular weight excluding hydrogens is 683 g/mol. The van der Waals surface area contributed by atoms with Crippen LogP contribution in [0.4, 0.5) is 4.79 Å². The van der Waals surface area contributed by atoms with Crippen LogP contribution in [-0.2, 0) is 6.42 Å². The van der Waals surface area contributed by atoms with E-state index in [2.05, 4.69) is 32.1 Å². The van der Waals surface area contributed by atoms with Gasteiger partial charge in [0.1, 0.15) is 5.75 Å². The Labute approximate surface area is 325 Å². The van der Waals surface area contributed by atoms with E-state index in [0.717, 1.165) is 45.9 Å². The van der Waals surface area contributed by atoms with E-state index in [9.17, 15) is 19.8 Å². The number of allylic oxidation sites excluding steroid dienone is 2. The third-order valence-corrected chi connectivity index (χ3v) is 12.3. The topological polar surface area (TPSA) is 87.1 Å². The first-order valence-electron chi connectivity index (χ1n) is 19.9. The molecule has 0 radical (unpaired) electrons. The van der Waals surface area contributed by atoms with Crippen molar-refractivity contribution in [3.05, 3.63) is 149 Å². The zero-order valence-corrected chi connectivity index (χ0v) is 32.3. The monoisotopic (exact) mass is 735 g/mol. The SMILES string of the molecule is CCCN(CC1(O)CCC2c3ccc(cc3C(=O)c3ccccc3-c3ccccc3)CC(O)CCC(C)=CCCC21C)C(=O)Oc1ccc2ccccc2c1. The number of benzene rings is 5. The summed E-state index contributed by atoms with van der Waals surface area (Å²) in [5.74, 6) is 0.226. The van der Waals surface area contributed by atoms with Crippen molar-refractivity contribution in [1.29, 1.82) is 0 Å². The average molecular weight is 736 g/mol. The highest BCUT2D eigenvalue weighted by molar-refractivity contribution is 6.14. The number of carbonyl (C=O) groups is 2. The summed E-state index contributed by atoms with van der Waals surface area (Å²) in [7, 11) is 0. The summed E-state index contributed by atoms with van der Waals surface area (Å²) < 4.78 is 5.99. The first-order valence-corrected chi connectivity index (χ1v) is 19.9. The molecule has 3 aliphatic rings. The second-order valence-corrected chi connectivity index (χ2v) is 16.0. The van der Waals surface area contributed by atoms with Crippen LogP contribution in [0, 0.1) is 5.41 Å². The lowest BCUT2D eigenvalue weighted by molar-refractivity contribution is -0.0790. The summed E-state index contributed by atoms with van der Waals surface area (Å²) >= 11 is 0. The summed E-state index contributed by atoms with van der Waals surface area (Å²) in [5, 5.41) is 26.2. The Morgan fingerprint density at radius 1 is 0.836 bits per heavy atom. The number of amides is 1. The second-order valence-electron chi connectivity index (χ2n) is 16.0. The summed E-state index contributed by atoms with van der Waals surface area (Å²) in [6, 6.07) is 37.5. The summed E-state index contributed by atoms with van der Waals surface area (Å²) in [6.45, 7) is 6.85. The highest BCUT2D eigenvalue weighted by atomic mass is 16.6. The van der Waals surface area contributed by atoms with Gasteiger partial charge in [0.05, 0.1) is 18.2 Å². The van der Waals surface area contributed by atoms with Gasteiger partial charge >= 0.3 is 6.09 Å². The van der Waals surface area contributed by atoms with Crippen LogP contribution in [0.15, 0.2) is 127 Å². The Morgan fingerprint density at radius 3 is 2.38 bits per heavy atom. The van der Waals surface area contributed by atoms with Gasteiger partial charge in [0.25, 0.3) is 0 Å². The maximum absolute atomic E-state index is 15.0. The molecule has 6 nitrogen and oxygen atoms in total. The molecule has 2 bridgehead atoms. The van der Waals surface area contributed by atoms with Gasteiger partial charge in [0, 0.05) is 23.1 Å². The van der Waals surface area contributed by atoms with Gasteiger partial charge in [-0.2, -0.15) is 0 Å². The number of aliphatic hydroxyl groups excluding tert-OH is 1. The molecule has 1 amide bonds. The number of aliphatic hydroxyl groups is 2. The molecule has 1 fully saturated rings. The number of hydrogen-bond donors (Lipinski definition) is 2. The van der Waals surface area contributed by atoms with Gasteiger partial charge in [0.15, 0.2) is 5.78 Å². The average Bonchev–Trinajstić information content (AvgIpc) is 3.45. The molecule has 3 aliphatic carbocycles. The zero-order valence-electron chi connectivity index (χ0n) is 32.3. The van der Waals surface area contributed by atoms with Crippen molar-refractivity contribution in [3.8, 4) is 16.9 Å². The predicted molar refractivity (Wildman–Crippen MR) is 221 cm³/mol. The molecule has 284 valence electrons. The zero-order chi connectivity index (χ0) is 38.6. The highest BCUT2D eigenvalue weighted by Crippen LogP contribution is 2.59. The molecule has 5 aromatic rings. The van der Waals surface area contributed by atoms with Crippen LogP contribution in [0.1, 0.15) is 98.7 Å². The molecule has 5 aromatic carbocycles. The minimum Gasteiger partial charge on any atom is -0.410 e. The van der Waals surface area contributed by atoms with E-state index in [1.165, 1.54) is 5.57 Å². The minimum atomic E-state index is -1.26. The fourth-order valence-corrected chi connectivity index (χ4v) is 9.11. The molecule has 0 heterocycles. The first kappa shape index (κ1) is 38.2. The van der Waals surface area contributed by atoms with Gasteiger partial charge in [-0.1, -0.05) is 123 Å². The highest BCUT2D eigenvalue weighted by Gasteiger charge is 2.57. The van der Waals surface area contributed by atoms with E-state index >= 15 is 0 Å². The molecule has 2 N–H and O–H groups in total. The molecule has 4 atom stereocenters. The maximum Gasteiger partial charge on any atom is 0.415 e. The minimum absolute atomic E-state index is 0.0713. The number of nitrogens with zero attached hydrogens (tertiary/aromatic N) is 1. The van der Waals surface area contributed by atoms with Crippen molar-refractivity contribution in [2.75, 3.05) is 13.1 Å². The summed E-state index contributed by atoms with van der Waals surface area (Å²) in [6.07, 6.45) is 6.28. The molecule has 0 aromatic heterocycles. The molecule has 4 unspecified atom stereocenters. The molecule has 8 rings (SSSR count). The van der Waals surface area contributed by atoms with Crippen molar-refractivity contribution in [2.45, 2.75) is 89.8 Å². The Morgan fingerprint density at radius 2 is 1.58 bits per heavy atom. The molecule has 6 heteroatoms. The molecule has 1 saturated carbocycles. The van der Waals surface area contributed by atoms with Crippen molar-refractivity contribution >= 4 is 22.6 Å². The largest absolute Gasteiger partial charge is 0.415 e. The van der Waals surface area contributed by atoms with Gasteiger partial charge in [-0.05, 0) is 115 Å². The Bertz CT molecular complexity index is 2190. The quantitative estimate of drug-likeness (QED) is 0.122. The fraction of sp³-hybridized carbons (Fsp3) is 0.347. The van der Waals surface area contributed by atoms with E-state index in [1.807, 2.05) is 110 Å². The van der Waals surface area contributed by atoms with Crippen LogP contribution in [-0.4, -0.2) is 51.8 Å². The molecule has 0 spiro atoms. The van der Waals surface area contributed by atoms with Crippen LogP contribution < -0.4 is 4.74 Å². The predicted octanol–water partition coefficient (Wildman–Crippen LogP) is 10.7. The molecule has 55 heavy (non-hydrogen) atoms. The molecular formula is C49H53NO5. The van der Waals surface area contributed by atoms with Crippen LogP contribution >= 0.6 is 0 Å². The van der Waals surface area contributed by atoms with Crippen LogP contribution in [0.3, 0.4) is 0 Å². The van der Waals surface area contributed by atoms with Crippen LogP contribution in [0.25, 0.3) is 21.9 Å². The lowest BCUT2D eigenvalue weighted by atomic mass is 9.64. The number of hydrogen-bond acceptors (Lipinski definition) is 5. The van der Waals surface area contributed by atoms with E-state index in [4.69, 9.17) is 4.74 Å². The van der Waals surface area contributed by atoms with Crippen LogP contribution in [0.2, 0.25) is 0 Å². The molecule has 0 aliphatic heterocycles. The number of carbonyl (C=O) groups excluding carboxylic acids is 2. The van der Waals surface area contributed by atoms with Crippen molar-refractivity contribution in [3.63, 3.8) is 0 Å². The first-order chi connectivity index (χ1) is 26.6. The van der Waals surface area contributed by atoms with Crippen molar-refractivity contribution in [2.24, 2.45) is 5.41 Å². The third kappa shape index (κ3) is 8.03. The van der Waals surface area contributed by atoms with Gasteiger partial charge in [-0.25, -0.2) is 4.79 Å². The molecule has 0 saturated heterocycles. The van der Waals surface area contributed by atoms with Gasteiger partial charge in [-0.15, -0.1) is 0 Å². The van der Waals surface area contributed by atoms with E-state index in [1.54, 1.807) is 4.90 Å². The van der Waals surface area contributed by atoms with Crippen molar-refractivity contribution in [1.82, 2.24) is 4.90 Å². The van der Waals surface area contributed by atoms with Gasteiger partial charge in [0.2, 0.25) is 0 Å². The number of fused-ring (bicyclic) bond motifs is 9. The normalized spacial score (nSPS) is 22.7. The number of rotatable bonds is 8. The smallest absolute Gasteiger partial charge is 0.410 e. The third-order valence-electron chi connectivity index (χ3n) is 12.3. The number of ether oxygens (including phenoxy) is 1. The van der Waals surface area contributed by atoms with E-state index < -0.39 is 23.2 Å². The van der Waals surface area contributed by atoms with E-state index in [-0.39, 0.29) is 18.2 Å². The number of ketones is 1. The Hall–Kier alpha value is -5.04. The lowest BCUT2D eigenvalue weighted by Crippen LogP contribution is -2.54. The fourth-order valence-electron chi connectivity index (χ4n) is 9.11. The summed E-state index contributed by atoms with van der Waals surface area (Å²) in [5.41, 5.74) is 4.14. The van der Waals surface area contributed by atoms with Crippen molar-refractivity contribution < 1.29 is 24.5 Å². The Balaban J connectivity index is 1.27. The van der Waals surface area contributed by atoms with Gasteiger partial charge < -0.3 is 19.8 Å². The van der Waals surface area contributed by atoms with E-state index in [0.29, 0.717) is 61.9 Å². The standard InChI is InChI=1S/C49H53NO5/c1-4-29-50(47(53)55-40-24-22-36-14-8-9-17-38(36)32-40)33-49(54)28-26-45-42-25-21-35(30-39(51)23-20-34(2)13-12-27-48(45,49)3)31-44(42)46(52)43-19-11-10-18-41(43)37-15-6-5-7-16-37/h5-11,13-19,21-22,24-25,31-32,39,45,51,54H,4,12,20,23,26-30,33H2,1-3H3. The Kier molecular flexibility index (Phi) is 11.4.